The Morgan fingerprint density at radius 1 is 1.14 bits per heavy atom. The largest absolute Gasteiger partial charge is 0.426 e. The molecule has 4 rings (SSSR count). The zero-order valence-electron chi connectivity index (χ0n) is 15.0. The summed E-state index contributed by atoms with van der Waals surface area (Å²) in [6.07, 6.45) is 7.16. The fourth-order valence-electron chi connectivity index (χ4n) is 3.32. The van der Waals surface area contributed by atoms with Crippen molar-refractivity contribution in [1.82, 2.24) is 0 Å². The van der Waals surface area contributed by atoms with E-state index in [4.69, 9.17) is 9.47 Å². The van der Waals surface area contributed by atoms with E-state index in [1.54, 1.807) is 17.8 Å². The van der Waals surface area contributed by atoms with Gasteiger partial charge in [0, 0.05) is 33.8 Å². The molecule has 0 aromatic heterocycles. The molecule has 0 fully saturated rings. The molecule has 0 amide bonds. The van der Waals surface area contributed by atoms with E-state index in [2.05, 4.69) is 12.7 Å². The second-order valence-corrected chi connectivity index (χ2v) is 7.56. The van der Waals surface area contributed by atoms with Crippen LogP contribution in [-0.4, -0.2) is 17.7 Å². The average molecular weight is 390 g/mol. The maximum atomic E-state index is 12.3. The van der Waals surface area contributed by atoms with E-state index in [9.17, 15) is 9.59 Å². The number of benzene rings is 2. The molecule has 0 radical (unpaired) electrons. The molecule has 0 saturated carbocycles. The first-order valence-corrected chi connectivity index (χ1v) is 9.91. The van der Waals surface area contributed by atoms with Crippen molar-refractivity contribution in [2.45, 2.75) is 5.92 Å². The fourth-order valence-corrected chi connectivity index (χ4v) is 4.44. The predicted molar refractivity (Wildman–Crippen MR) is 110 cm³/mol. The topological polar surface area (TPSA) is 52.6 Å². The van der Waals surface area contributed by atoms with Gasteiger partial charge in [-0.3, -0.25) is 4.79 Å². The molecule has 0 N–H and O–H groups in total. The molecule has 140 valence electrons. The number of fused-ring (bicyclic) bond motifs is 3. The van der Waals surface area contributed by atoms with E-state index < -0.39 is 5.97 Å². The van der Waals surface area contributed by atoms with Gasteiger partial charge in [-0.05, 0) is 18.2 Å². The number of carbonyl (C=O) groups excluding carboxylic acids is 2. The number of thioether (sulfide) groups is 1. The van der Waals surface area contributed by atoms with Gasteiger partial charge in [-0.15, -0.1) is 11.8 Å². The Hall–Kier alpha value is -3.05. The minimum Gasteiger partial charge on any atom is -0.426 e. The van der Waals surface area contributed by atoms with Gasteiger partial charge in [-0.25, -0.2) is 4.79 Å². The fraction of sp³-hybridized carbons (Fsp3) is 0.130. The van der Waals surface area contributed by atoms with Gasteiger partial charge < -0.3 is 9.47 Å². The second-order valence-electron chi connectivity index (χ2n) is 6.47. The molecule has 28 heavy (non-hydrogen) atoms. The SMILES string of the molecule is C=CC(=O)Oc1ccccc1/C=C/C1=C[C@H]2c3ccccc3OC(=O)[C@@H]2CS1. The number of para-hydroxylation sites is 2. The van der Waals surface area contributed by atoms with Gasteiger partial charge in [0.05, 0.1) is 5.92 Å². The molecule has 2 aromatic rings. The number of ether oxygens (including phenoxy) is 2. The summed E-state index contributed by atoms with van der Waals surface area (Å²) in [5.74, 6) is 0.965. The first-order chi connectivity index (χ1) is 13.7. The van der Waals surface area contributed by atoms with Crippen LogP contribution in [0.25, 0.3) is 6.08 Å². The van der Waals surface area contributed by atoms with Crippen LogP contribution in [0.5, 0.6) is 11.5 Å². The van der Waals surface area contributed by atoms with E-state index in [0.29, 0.717) is 17.3 Å². The molecular formula is C23H18O4S. The Bertz CT molecular complexity index is 1010. The number of carbonyl (C=O) groups is 2. The Balaban J connectivity index is 1.61. The highest BCUT2D eigenvalue weighted by molar-refractivity contribution is 8.03. The number of hydrogen-bond acceptors (Lipinski definition) is 5. The Morgan fingerprint density at radius 3 is 2.79 bits per heavy atom. The second kappa shape index (κ2) is 7.90. The lowest BCUT2D eigenvalue weighted by atomic mass is 9.84. The van der Waals surface area contributed by atoms with Crippen molar-refractivity contribution >= 4 is 29.8 Å². The van der Waals surface area contributed by atoms with E-state index >= 15 is 0 Å². The smallest absolute Gasteiger partial charge is 0.335 e. The van der Waals surface area contributed by atoms with Gasteiger partial charge in [0.25, 0.3) is 0 Å². The molecule has 5 heteroatoms. The third-order valence-electron chi connectivity index (χ3n) is 4.72. The summed E-state index contributed by atoms with van der Waals surface area (Å²) in [6.45, 7) is 3.43. The quantitative estimate of drug-likeness (QED) is 0.429. The van der Waals surface area contributed by atoms with Gasteiger partial charge in [0.15, 0.2) is 0 Å². The number of esters is 2. The summed E-state index contributed by atoms with van der Waals surface area (Å²) in [5, 5.41) is 0. The Morgan fingerprint density at radius 2 is 1.93 bits per heavy atom. The summed E-state index contributed by atoms with van der Waals surface area (Å²) in [7, 11) is 0. The van der Waals surface area contributed by atoms with Crippen LogP contribution in [0.2, 0.25) is 0 Å². The third-order valence-corrected chi connectivity index (χ3v) is 5.85. The lowest BCUT2D eigenvalue weighted by Gasteiger charge is -2.33. The van der Waals surface area contributed by atoms with Crippen LogP contribution < -0.4 is 9.47 Å². The summed E-state index contributed by atoms with van der Waals surface area (Å²) >= 11 is 1.62. The highest BCUT2D eigenvalue weighted by Gasteiger charge is 2.38. The number of hydrogen-bond donors (Lipinski definition) is 0. The van der Waals surface area contributed by atoms with Gasteiger partial charge in [-0.1, -0.05) is 55.1 Å². The molecule has 0 spiro atoms. The maximum Gasteiger partial charge on any atom is 0.335 e. The summed E-state index contributed by atoms with van der Waals surface area (Å²) in [4.78, 5) is 24.9. The first-order valence-electron chi connectivity index (χ1n) is 8.92. The maximum absolute atomic E-state index is 12.3. The first kappa shape index (κ1) is 18.3. The van der Waals surface area contributed by atoms with Gasteiger partial charge in [-0.2, -0.15) is 0 Å². The molecule has 2 atom stereocenters. The molecule has 2 aliphatic rings. The van der Waals surface area contributed by atoms with Gasteiger partial charge in [0.2, 0.25) is 0 Å². The lowest BCUT2D eigenvalue weighted by Crippen LogP contribution is -2.34. The molecule has 2 aliphatic heterocycles. The molecular weight excluding hydrogens is 372 g/mol. The van der Waals surface area contributed by atoms with E-state index in [-0.39, 0.29) is 17.8 Å². The van der Waals surface area contributed by atoms with Gasteiger partial charge in [0.1, 0.15) is 11.5 Å². The van der Waals surface area contributed by atoms with Crippen molar-refractivity contribution in [3.8, 4) is 11.5 Å². The van der Waals surface area contributed by atoms with Crippen LogP contribution in [0.4, 0.5) is 0 Å². The van der Waals surface area contributed by atoms with E-state index in [1.165, 1.54) is 0 Å². The average Bonchev–Trinajstić information content (AvgIpc) is 2.73. The van der Waals surface area contributed by atoms with Crippen molar-refractivity contribution < 1.29 is 19.1 Å². The van der Waals surface area contributed by atoms with Crippen LogP contribution in [0.15, 0.2) is 78.2 Å². The van der Waals surface area contributed by atoms with Crippen LogP contribution in [-0.2, 0) is 9.59 Å². The van der Waals surface area contributed by atoms with Crippen molar-refractivity contribution in [3.05, 3.63) is 89.4 Å². The van der Waals surface area contributed by atoms with Crippen molar-refractivity contribution in [1.29, 1.82) is 0 Å². The van der Waals surface area contributed by atoms with Crippen LogP contribution in [0.3, 0.4) is 0 Å². The van der Waals surface area contributed by atoms with Crippen LogP contribution in [0.1, 0.15) is 17.0 Å². The van der Waals surface area contributed by atoms with Gasteiger partial charge >= 0.3 is 11.9 Å². The minimum atomic E-state index is -0.493. The summed E-state index contributed by atoms with van der Waals surface area (Å²) in [5.41, 5.74) is 1.84. The zero-order valence-corrected chi connectivity index (χ0v) is 15.9. The van der Waals surface area contributed by atoms with E-state index in [0.717, 1.165) is 22.1 Å². The standard InChI is InChI=1S/C23H18O4S/c1-2-22(24)26-20-9-5-3-7-15(20)11-12-16-13-18-17-8-4-6-10-21(17)27-23(25)19(18)14-28-16/h2-13,18-19H,1,14H2/b12-11+/t18-,19+/m0/s1. The van der Waals surface area contributed by atoms with Crippen molar-refractivity contribution in [3.63, 3.8) is 0 Å². The number of rotatable bonds is 4. The Labute approximate surface area is 167 Å². The van der Waals surface area contributed by atoms with Crippen LogP contribution in [0, 0.1) is 5.92 Å². The highest BCUT2D eigenvalue weighted by atomic mass is 32.2. The molecule has 2 aromatic carbocycles. The minimum absolute atomic E-state index is 0.00665. The third kappa shape index (κ3) is 3.66. The van der Waals surface area contributed by atoms with Crippen molar-refractivity contribution in [2.75, 3.05) is 5.75 Å². The number of allylic oxidation sites excluding steroid dienone is 2. The normalized spacial score (nSPS) is 20.6. The molecule has 4 nitrogen and oxygen atoms in total. The monoisotopic (exact) mass is 390 g/mol. The summed E-state index contributed by atoms with van der Waals surface area (Å²) in [6, 6.07) is 15.0. The molecule has 0 bridgehead atoms. The lowest BCUT2D eigenvalue weighted by molar-refractivity contribution is -0.139. The Kier molecular flexibility index (Phi) is 5.17. The molecule has 0 saturated heterocycles. The van der Waals surface area contributed by atoms with Crippen LogP contribution >= 0.6 is 11.8 Å². The van der Waals surface area contributed by atoms with Crippen molar-refractivity contribution in [2.24, 2.45) is 5.92 Å². The molecule has 0 aliphatic carbocycles. The zero-order chi connectivity index (χ0) is 19.5. The summed E-state index contributed by atoms with van der Waals surface area (Å²) < 4.78 is 10.8. The highest BCUT2D eigenvalue weighted by Crippen LogP contribution is 2.45. The van der Waals surface area contributed by atoms with E-state index in [1.807, 2.05) is 54.6 Å². The molecule has 0 unspecified atom stereocenters. The molecule has 2 heterocycles. The predicted octanol–water partition coefficient (Wildman–Crippen LogP) is 4.74.